The van der Waals surface area contributed by atoms with Crippen molar-refractivity contribution in [2.75, 3.05) is 0 Å². The standard InChI is InChI=1S/C10H15N3/c1-13-9(7-2-3-7)8(6-12-13)10(11)4-5-10/h6-7H,2-5,11H2,1H3. The molecule has 1 aromatic heterocycles. The van der Waals surface area contributed by atoms with Crippen molar-refractivity contribution in [2.45, 2.75) is 37.1 Å². The number of hydrogen-bond donors (Lipinski definition) is 1. The maximum Gasteiger partial charge on any atom is 0.0543 e. The molecule has 13 heavy (non-hydrogen) atoms. The summed E-state index contributed by atoms with van der Waals surface area (Å²) in [7, 11) is 2.03. The summed E-state index contributed by atoms with van der Waals surface area (Å²) in [5.41, 5.74) is 8.91. The Bertz CT molecular complexity index is 345. The summed E-state index contributed by atoms with van der Waals surface area (Å²) in [5, 5.41) is 4.32. The van der Waals surface area contributed by atoms with Crippen molar-refractivity contribution in [1.29, 1.82) is 0 Å². The van der Waals surface area contributed by atoms with Crippen molar-refractivity contribution in [1.82, 2.24) is 9.78 Å². The first-order valence-corrected chi connectivity index (χ1v) is 5.02. The van der Waals surface area contributed by atoms with Gasteiger partial charge in [0.2, 0.25) is 0 Å². The number of aromatic nitrogens is 2. The third-order valence-corrected chi connectivity index (χ3v) is 3.27. The average molecular weight is 177 g/mol. The van der Waals surface area contributed by atoms with E-state index in [0.717, 1.165) is 18.8 Å². The second-order valence-corrected chi connectivity index (χ2v) is 4.50. The van der Waals surface area contributed by atoms with Crippen molar-refractivity contribution < 1.29 is 0 Å². The van der Waals surface area contributed by atoms with Gasteiger partial charge < -0.3 is 5.73 Å². The fourth-order valence-electron chi connectivity index (χ4n) is 2.08. The fraction of sp³-hybridized carbons (Fsp3) is 0.700. The molecule has 0 spiro atoms. The van der Waals surface area contributed by atoms with Crippen molar-refractivity contribution >= 4 is 0 Å². The Morgan fingerprint density at radius 1 is 1.54 bits per heavy atom. The van der Waals surface area contributed by atoms with Gasteiger partial charge >= 0.3 is 0 Å². The smallest absolute Gasteiger partial charge is 0.0543 e. The Morgan fingerprint density at radius 3 is 2.77 bits per heavy atom. The van der Waals surface area contributed by atoms with E-state index in [4.69, 9.17) is 5.73 Å². The molecule has 3 heteroatoms. The van der Waals surface area contributed by atoms with Crippen LogP contribution in [0.15, 0.2) is 6.20 Å². The zero-order valence-electron chi connectivity index (χ0n) is 7.95. The molecule has 0 atom stereocenters. The summed E-state index contributed by atoms with van der Waals surface area (Å²) in [5.74, 6) is 0.753. The van der Waals surface area contributed by atoms with E-state index in [2.05, 4.69) is 5.10 Å². The predicted octanol–water partition coefficient (Wildman–Crippen LogP) is 1.25. The van der Waals surface area contributed by atoms with Gasteiger partial charge in [0.05, 0.1) is 6.20 Å². The van der Waals surface area contributed by atoms with Gasteiger partial charge in [-0.3, -0.25) is 4.68 Å². The molecule has 1 heterocycles. The number of hydrogen-bond acceptors (Lipinski definition) is 2. The van der Waals surface area contributed by atoms with E-state index < -0.39 is 0 Å². The molecule has 0 aromatic carbocycles. The Morgan fingerprint density at radius 2 is 2.23 bits per heavy atom. The van der Waals surface area contributed by atoms with E-state index in [0.29, 0.717) is 0 Å². The van der Waals surface area contributed by atoms with Gasteiger partial charge in [-0.2, -0.15) is 5.10 Å². The first kappa shape index (κ1) is 7.56. The monoisotopic (exact) mass is 177 g/mol. The molecule has 1 aromatic rings. The van der Waals surface area contributed by atoms with Crippen molar-refractivity contribution in [3.63, 3.8) is 0 Å². The molecule has 3 nitrogen and oxygen atoms in total. The molecule has 2 aliphatic carbocycles. The fourth-order valence-corrected chi connectivity index (χ4v) is 2.08. The van der Waals surface area contributed by atoms with Crippen LogP contribution < -0.4 is 5.73 Å². The minimum Gasteiger partial charge on any atom is -0.321 e. The average Bonchev–Trinajstić information content (AvgIpc) is 2.98. The molecule has 0 radical (unpaired) electrons. The number of nitrogens with zero attached hydrogens (tertiary/aromatic N) is 2. The van der Waals surface area contributed by atoms with Crippen LogP contribution in [0.5, 0.6) is 0 Å². The molecule has 3 rings (SSSR count). The SMILES string of the molecule is Cn1ncc(C2(N)CC2)c1C1CC1. The maximum atomic E-state index is 6.19. The summed E-state index contributed by atoms with van der Waals surface area (Å²) in [6.45, 7) is 0. The summed E-state index contributed by atoms with van der Waals surface area (Å²) in [4.78, 5) is 0. The lowest BCUT2D eigenvalue weighted by Gasteiger charge is -2.09. The van der Waals surface area contributed by atoms with Crippen LogP contribution in [0.1, 0.15) is 42.9 Å². The van der Waals surface area contributed by atoms with Crippen LogP contribution in [0, 0.1) is 0 Å². The van der Waals surface area contributed by atoms with E-state index in [-0.39, 0.29) is 5.54 Å². The van der Waals surface area contributed by atoms with E-state index >= 15 is 0 Å². The quantitative estimate of drug-likeness (QED) is 0.738. The highest BCUT2D eigenvalue weighted by atomic mass is 15.3. The van der Waals surface area contributed by atoms with Gasteiger partial charge in [0.15, 0.2) is 0 Å². The summed E-state index contributed by atoms with van der Waals surface area (Å²) < 4.78 is 2.01. The molecular weight excluding hydrogens is 162 g/mol. The summed E-state index contributed by atoms with van der Waals surface area (Å²) in [6, 6.07) is 0. The molecule has 2 saturated carbocycles. The third-order valence-electron chi connectivity index (χ3n) is 3.27. The Kier molecular flexibility index (Phi) is 1.25. The lowest BCUT2D eigenvalue weighted by molar-refractivity contribution is 0.683. The minimum atomic E-state index is -0.00775. The van der Waals surface area contributed by atoms with E-state index in [1.54, 1.807) is 0 Å². The highest BCUT2D eigenvalue weighted by Gasteiger charge is 2.45. The van der Waals surface area contributed by atoms with Gasteiger partial charge in [-0.1, -0.05) is 0 Å². The highest BCUT2D eigenvalue weighted by Crippen LogP contribution is 2.50. The molecule has 0 amide bonds. The van der Waals surface area contributed by atoms with Crippen LogP contribution in [0.2, 0.25) is 0 Å². The molecule has 0 bridgehead atoms. The van der Waals surface area contributed by atoms with Crippen LogP contribution in [0.3, 0.4) is 0 Å². The van der Waals surface area contributed by atoms with Crippen molar-refractivity contribution in [3.05, 3.63) is 17.5 Å². The first-order valence-electron chi connectivity index (χ1n) is 5.02. The van der Waals surface area contributed by atoms with Gasteiger partial charge in [-0.05, 0) is 25.7 Å². The predicted molar refractivity (Wildman–Crippen MR) is 50.3 cm³/mol. The lowest BCUT2D eigenvalue weighted by Crippen LogP contribution is -2.20. The number of aryl methyl sites for hydroxylation is 1. The van der Waals surface area contributed by atoms with Crippen LogP contribution in [-0.4, -0.2) is 9.78 Å². The van der Waals surface area contributed by atoms with Crippen LogP contribution >= 0.6 is 0 Å². The second-order valence-electron chi connectivity index (χ2n) is 4.50. The summed E-state index contributed by atoms with van der Waals surface area (Å²) >= 11 is 0. The Hall–Kier alpha value is -0.830. The van der Waals surface area contributed by atoms with Gasteiger partial charge in [0.1, 0.15) is 0 Å². The topological polar surface area (TPSA) is 43.8 Å². The summed E-state index contributed by atoms with van der Waals surface area (Å²) in [6.07, 6.45) is 6.89. The van der Waals surface area contributed by atoms with E-state index in [9.17, 15) is 0 Å². The second kappa shape index (κ2) is 2.15. The van der Waals surface area contributed by atoms with Crippen molar-refractivity contribution in [3.8, 4) is 0 Å². The van der Waals surface area contributed by atoms with Gasteiger partial charge in [0.25, 0.3) is 0 Å². The van der Waals surface area contributed by atoms with Crippen LogP contribution in [-0.2, 0) is 12.6 Å². The molecule has 0 unspecified atom stereocenters. The third kappa shape index (κ3) is 1.03. The number of rotatable bonds is 2. The largest absolute Gasteiger partial charge is 0.321 e. The van der Waals surface area contributed by atoms with Gasteiger partial charge in [-0.25, -0.2) is 0 Å². The minimum absolute atomic E-state index is 0.00775. The maximum absolute atomic E-state index is 6.19. The zero-order valence-corrected chi connectivity index (χ0v) is 7.95. The van der Waals surface area contributed by atoms with E-state index in [1.165, 1.54) is 24.1 Å². The van der Waals surface area contributed by atoms with Gasteiger partial charge in [0, 0.05) is 29.8 Å². The normalized spacial score (nSPS) is 24.8. The van der Waals surface area contributed by atoms with Crippen molar-refractivity contribution in [2.24, 2.45) is 12.8 Å². The Labute approximate surface area is 77.9 Å². The molecular formula is C10H15N3. The zero-order chi connectivity index (χ0) is 9.05. The molecule has 0 aliphatic heterocycles. The van der Waals surface area contributed by atoms with Gasteiger partial charge in [-0.15, -0.1) is 0 Å². The lowest BCUT2D eigenvalue weighted by atomic mass is 10.0. The molecule has 2 aliphatic rings. The van der Waals surface area contributed by atoms with Crippen LogP contribution in [0.4, 0.5) is 0 Å². The highest BCUT2D eigenvalue weighted by molar-refractivity contribution is 5.35. The van der Waals surface area contributed by atoms with Crippen LogP contribution in [0.25, 0.3) is 0 Å². The molecule has 70 valence electrons. The van der Waals surface area contributed by atoms with E-state index in [1.807, 2.05) is 17.9 Å². The molecule has 0 saturated heterocycles. The molecule has 2 N–H and O–H groups in total. The molecule has 2 fully saturated rings. The number of nitrogens with two attached hydrogens (primary N) is 1. The Balaban J connectivity index is 2.08. The first-order chi connectivity index (χ1) is 6.21.